The van der Waals surface area contributed by atoms with Gasteiger partial charge in [-0.15, -0.1) is 11.3 Å². The van der Waals surface area contributed by atoms with Crippen LogP contribution in [0.5, 0.6) is 5.75 Å². The molecule has 7 nitrogen and oxygen atoms in total. The van der Waals surface area contributed by atoms with Gasteiger partial charge in [-0.05, 0) is 36.0 Å². The summed E-state index contributed by atoms with van der Waals surface area (Å²) in [5.74, 6) is -0.549. The lowest BCUT2D eigenvalue weighted by molar-refractivity contribution is -0.172. The second-order valence-corrected chi connectivity index (χ2v) is 11.4. The first-order chi connectivity index (χ1) is 17.7. The lowest BCUT2D eigenvalue weighted by Gasteiger charge is -2.49. The minimum Gasteiger partial charge on any atom is -0.496 e. The van der Waals surface area contributed by atoms with Crippen LogP contribution >= 0.6 is 11.3 Å². The maximum absolute atomic E-state index is 13.9. The summed E-state index contributed by atoms with van der Waals surface area (Å²) in [5, 5.41) is 5.14. The Hall–Kier alpha value is -3.52. The molecule has 3 atom stereocenters. The third kappa shape index (κ3) is 4.13. The predicted molar refractivity (Wildman–Crippen MR) is 143 cm³/mol. The third-order valence-electron chi connectivity index (χ3n) is 8.46. The Balaban J connectivity index is 1.46. The van der Waals surface area contributed by atoms with Gasteiger partial charge in [0.15, 0.2) is 5.13 Å². The van der Waals surface area contributed by atoms with E-state index in [1.54, 1.807) is 7.11 Å². The van der Waals surface area contributed by atoms with Crippen molar-refractivity contribution < 1.29 is 19.1 Å². The number of carbonyl (C=O) groups is 3. The number of benzene rings is 2. The van der Waals surface area contributed by atoms with Gasteiger partial charge in [0, 0.05) is 23.3 Å². The number of fused-ring (bicyclic) bond motifs is 2. The van der Waals surface area contributed by atoms with E-state index in [-0.39, 0.29) is 24.2 Å². The number of piperidine rings is 1. The van der Waals surface area contributed by atoms with Crippen molar-refractivity contribution in [3.05, 3.63) is 65.5 Å². The standard InChI is InChI=1S/C29H31N3O4S/c1-28(2)20-14-15-29(28,3)26(35)32(25(20)34)22(16-18-10-6-5-7-11-18)24(33)31-27-30-21(17-37-27)19-12-8-9-13-23(19)36-4/h5-13,17,20,22H,14-16H2,1-4H3,(H,30,31,33). The van der Waals surface area contributed by atoms with Gasteiger partial charge in [-0.1, -0.05) is 63.2 Å². The van der Waals surface area contributed by atoms with E-state index in [2.05, 4.69) is 10.3 Å². The zero-order valence-electron chi connectivity index (χ0n) is 21.5. The molecule has 192 valence electrons. The van der Waals surface area contributed by atoms with Crippen LogP contribution in [0.3, 0.4) is 0 Å². The molecule has 2 aliphatic rings. The van der Waals surface area contributed by atoms with Gasteiger partial charge in [-0.3, -0.25) is 19.3 Å². The zero-order chi connectivity index (χ0) is 26.4. The van der Waals surface area contributed by atoms with E-state index in [4.69, 9.17) is 4.74 Å². The van der Waals surface area contributed by atoms with Crippen LogP contribution in [0.1, 0.15) is 39.2 Å². The molecule has 1 saturated carbocycles. The van der Waals surface area contributed by atoms with Gasteiger partial charge >= 0.3 is 0 Å². The Kier molecular flexibility index (Phi) is 6.40. The second kappa shape index (κ2) is 9.41. The maximum atomic E-state index is 13.9. The molecule has 1 saturated heterocycles. The predicted octanol–water partition coefficient (Wildman–Crippen LogP) is 5.18. The number of amides is 3. The highest BCUT2D eigenvalue weighted by atomic mass is 32.1. The van der Waals surface area contributed by atoms with Crippen molar-refractivity contribution in [2.75, 3.05) is 12.4 Å². The fourth-order valence-corrected chi connectivity index (χ4v) is 6.50. The van der Waals surface area contributed by atoms with Crippen LogP contribution in [0, 0.1) is 16.7 Å². The van der Waals surface area contributed by atoms with Crippen LogP contribution in [-0.4, -0.2) is 40.8 Å². The summed E-state index contributed by atoms with van der Waals surface area (Å²) in [7, 11) is 1.60. The first-order valence-electron chi connectivity index (χ1n) is 12.5. The van der Waals surface area contributed by atoms with Crippen LogP contribution < -0.4 is 10.1 Å². The van der Waals surface area contributed by atoms with Crippen molar-refractivity contribution in [2.45, 2.75) is 46.1 Å². The third-order valence-corrected chi connectivity index (χ3v) is 9.21. The van der Waals surface area contributed by atoms with E-state index in [1.165, 1.54) is 16.2 Å². The van der Waals surface area contributed by atoms with Gasteiger partial charge in [-0.2, -0.15) is 0 Å². The Morgan fingerprint density at radius 3 is 2.57 bits per heavy atom. The Bertz CT molecular complexity index is 1350. The number of hydrogen-bond acceptors (Lipinski definition) is 6. The van der Waals surface area contributed by atoms with Gasteiger partial charge in [-0.25, -0.2) is 4.98 Å². The van der Waals surface area contributed by atoms with E-state index in [9.17, 15) is 14.4 Å². The number of nitrogens with one attached hydrogen (secondary N) is 1. The van der Waals surface area contributed by atoms with Gasteiger partial charge < -0.3 is 10.1 Å². The molecule has 0 spiro atoms. The molecule has 3 aromatic rings. The summed E-state index contributed by atoms with van der Waals surface area (Å²) in [6, 6.07) is 16.0. The van der Waals surface area contributed by atoms with Crippen molar-refractivity contribution in [1.29, 1.82) is 0 Å². The Labute approximate surface area is 220 Å². The summed E-state index contributed by atoms with van der Waals surface area (Å²) in [6.45, 7) is 5.94. The number of imide groups is 1. The lowest BCUT2D eigenvalue weighted by Crippen LogP contribution is -2.64. The molecule has 1 aliphatic carbocycles. The minimum atomic E-state index is -0.975. The van der Waals surface area contributed by atoms with Crippen LogP contribution in [0.25, 0.3) is 11.3 Å². The molecule has 8 heteroatoms. The minimum absolute atomic E-state index is 0.234. The number of thiazole rings is 1. The number of ether oxygens (including phenoxy) is 1. The number of para-hydroxylation sites is 1. The van der Waals surface area contributed by atoms with Crippen LogP contribution in [0.15, 0.2) is 60.0 Å². The molecule has 3 unspecified atom stereocenters. The fraction of sp³-hybridized carbons (Fsp3) is 0.379. The second-order valence-electron chi connectivity index (χ2n) is 10.6. The molecule has 3 amide bonds. The van der Waals surface area contributed by atoms with Crippen molar-refractivity contribution >= 4 is 34.2 Å². The molecule has 1 aliphatic heterocycles. The van der Waals surface area contributed by atoms with Crippen LogP contribution in [0.4, 0.5) is 5.13 Å². The van der Waals surface area contributed by atoms with Crippen LogP contribution in [0.2, 0.25) is 0 Å². The number of likely N-dealkylation sites (tertiary alicyclic amines) is 1. The number of nitrogens with zero attached hydrogens (tertiary/aromatic N) is 2. The average molecular weight is 518 g/mol. The fourth-order valence-electron chi connectivity index (χ4n) is 5.78. The quantitative estimate of drug-likeness (QED) is 0.436. The van der Waals surface area contributed by atoms with Gasteiger partial charge in [0.25, 0.3) is 0 Å². The summed E-state index contributed by atoms with van der Waals surface area (Å²) in [6.07, 6.45) is 1.53. The molecular weight excluding hydrogens is 486 g/mol. The number of anilines is 1. The molecule has 2 heterocycles. The molecule has 2 bridgehead atoms. The molecular formula is C29H31N3O4S. The SMILES string of the molecule is COc1ccccc1-c1csc(NC(=O)C(Cc2ccccc2)N2C(=O)C3CCC(C)(C2=O)C3(C)C)n1. The molecule has 0 radical (unpaired) electrons. The van der Waals surface area contributed by atoms with Crippen molar-refractivity contribution in [3.63, 3.8) is 0 Å². The molecule has 2 fully saturated rings. The average Bonchev–Trinajstić information content (AvgIpc) is 3.42. The monoisotopic (exact) mass is 517 g/mol. The number of aromatic nitrogens is 1. The molecule has 1 aromatic heterocycles. The van der Waals surface area contributed by atoms with Crippen molar-refractivity contribution in [1.82, 2.24) is 9.88 Å². The Morgan fingerprint density at radius 2 is 1.84 bits per heavy atom. The number of carbonyl (C=O) groups excluding carboxylic acids is 3. The lowest BCUT2D eigenvalue weighted by atomic mass is 9.62. The summed E-state index contributed by atoms with van der Waals surface area (Å²) in [4.78, 5) is 47.2. The van der Waals surface area contributed by atoms with E-state index < -0.39 is 22.8 Å². The van der Waals surface area contributed by atoms with Crippen molar-refractivity contribution in [3.8, 4) is 17.0 Å². The van der Waals surface area contributed by atoms with Gasteiger partial charge in [0.05, 0.1) is 18.2 Å². The summed E-state index contributed by atoms with van der Waals surface area (Å²) in [5.41, 5.74) is 1.22. The normalized spacial score (nSPS) is 23.1. The first kappa shape index (κ1) is 25.1. The molecule has 37 heavy (non-hydrogen) atoms. The number of hydrogen-bond donors (Lipinski definition) is 1. The van der Waals surface area contributed by atoms with Crippen LogP contribution in [-0.2, 0) is 20.8 Å². The zero-order valence-corrected chi connectivity index (χ0v) is 22.3. The van der Waals surface area contributed by atoms with E-state index >= 15 is 0 Å². The smallest absolute Gasteiger partial charge is 0.249 e. The highest BCUT2D eigenvalue weighted by Gasteiger charge is 2.65. The van der Waals surface area contributed by atoms with E-state index in [0.29, 0.717) is 29.4 Å². The highest BCUT2D eigenvalue weighted by molar-refractivity contribution is 7.14. The topological polar surface area (TPSA) is 88.6 Å². The maximum Gasteiger partial charge on any atom is 0.249 e. The van der Waals surface area contributed by atoms with Crippen molar-refractivity contribution in [2.24, 2.45) is 16.7 Å². The summed E-state index contributed by atoms with van der Waals surface area (Å²) < 4.78 is 5.45. The summed E-state index contributed by atoms with van der Waals surface area (Å²) >= 11 is 1.29. The molecule has 5 rings (SSSR count). The molecule has 2 aromatic carbocycles. The molecule has 1 N–H and O–H groups in total. The Morgan fingerprint density at radius 1 is 1.14 bits per heavy atom. The van der Waals surface area contributed by atoms with Gasteiger partial charge in [0.2, 0.25) is 17.7 Å². The largest absolute Gasteiger partial charge is 0.496 e. The number of rotatable bonds is 7. The highest BCUT2D eigenvalue weighted by Crippen LogP contribution is 2.60. The number of methoxy groups -OCH3 is 1. The first-order valence-corrected chi connectivity index (χ1v) is 13.4. The van der Waals surface area contributed by atoms with E-state index in [1.807, 2.05) is 80.7 Å². The van der Waals surface area contributed by atoms with E-state index in [0.717, 1.165) is 11.1 Å². The van der Waals surface area contributed by atoms with Gasteiger partial charge in [0.1, 0.15) is 11.8 Å².